The summed E-state index contributed by atoms with van der Waals surface area (Å²) in [5, 5.41) is 3.13. The minimum atomic E-state index is 0.0512. The lowest BCUT2D eigenvalue weighted by Gasteiger charge is -2.33. The fourth-order valence-electron chi connectivity index (χ4n) is 3.19. The van der Waals surface area contributed by atoms with E-state index < -0.39 is 0 Å². The molecule has 0 aromatic carbocycles. The summed E-state index contributed by atoms with van der Waals surface area (Å²) in [4.78, 5) is 16.4. The standard InChI is InChI=1S/C18H31N3O/c1-20(2)12-6-9-18(22)19-17-10-13-21(14-11-17)15-16-7-4-3-5-8-16/h6-7,9,17H,3-5,8,10-15H2,1-2H3,(H,19,22)/b9-6+. The largest absolute Gasteiger partial charge is 0.350 e. The molecule has 1 aliphatic heterocycles. The normalized spacial score (nSPS) is 21.3. The van der Waals surface area contributed by atoms with Crippen molar-refractivity contribution in [3.05, 3.63) is 23.8 Å². The summed E-state index contributed by atoms with van der Waals surface area (Å²) in [6, 6.07) is 0.341. The molecule has 0 bridgehead atoms. The quantitative estimate of drug-likeness (QED) is 0.603. The van der Waals surface area contributed by atoms with Crippen molar-refractivity contribution in [2.45, 2.75) is 44.6 Å². The van der Waals surface area contributed by atoms with Gasteiger partial charge in [0, 0.05) is 38.3 Å². The van der Waals surface area contributed by atoms with E-state index in [9.17, 15) is 4.79 Å². The van der Waals surface area contributed by atoms with Crippen molar-refractivity contribution in [2.24, 2.45) is 0 Å². The fraction of sp³-hybridized carbons (Fsp3) is 0.722. The van der Waals surface area contributed by atoms with Crippen LogP contribution in [0.5, 0.6) is 0 Å². The van der Waals surface area contributed by atoms with Crippen molar-refractivity contribution in [1.29, 1.82) is 0 Å². The van der Waals surface area contributed by atoms with Gasteiger partial charge in [0.1, 0.15) is 0 Å². The molecular weight excluding hydrogens is 274 g/mol. The SMILES string of the molecule is CN(C)C/C=C/C(=O)NC1CCN(CC2=CCCCC2)CC1. The summed E-state index contributed by atoms with van der Waals surface area (Å²) in [5.41, 5.74) is 1.63. The van der Waals surface area contributed by atoms with Gasteiger partial charge in [0.25, 0.3) is 0 Å². The van der Waals surface area contributed by atoms with E-state index in [4.69, 9.17) is 0 Å². The zero-order chi connectivity index (χ0) is 15.8. The first-order chi connectivity index (χ1) is 10.6. The maximum absolute atomic E-state index is 11.9. The van der Waals surface area contributed by atoms with Crippen molar-refractivity contribution in [3.63, 3.8) is 0 Å². The van der Waals surface area contributed by atoms with Crippen molar-refractivity contribution in [3.8, 4) is 0 Å². The summed E-state index contributed by atoms with van der Waals surface area (Å²) >= 11 is 0. The van der Waals surface area contributed by atoms with E-state index in [1.54, 1.807) is 11.6 Å². The molecule has 4 heteroatoms. The molecule has 2 aliphatic rings. The molecule has 0 saturated carbocycles. The van der Waals surface area contributed by atoms with E-state index in [1.165, 1.54) is 25.7 Å². The average molecular weight is 305 g/mol. The van der Waals surface area contributed by atoms with Crippen LogP contribution in [0.2, 0.25) is 0 Å². The van der Waals surface area contributed by atoms with E-state index in [2.05, 4.69) is 16.3 Å². The lowest BCUT2D eigenvalue weighted by Crippen LogP contribution is -2.44. The van der Waals surface area contributed by atoms with E-state index in [0.29, 0.717) is 6.04 Å². The van der Waals surface area contributed by atoms with Crippen molar-refractivity contribution >= 4 is 5.91 Å². The minimum absolute atomic E-state index is 0.0512. The second kappa shape index (κ2) is 9.11. The zero-order valence-electron chi connectivity index (χ0n) is 14.2. The molecule has 0 radical (unpaired) electrons. The van der Waals surface area contributed by atoms with E-state index in [-0.39, 0.29) is 5.91 Å². The fourth-order valence-corrected chi connectivity index (χ4v) is 3.19. The summed E-state index contributed by atoms with van der Waals surface area (Å²) in [5.74, 6) is 0.0512. The van der Waals surface area contributed by atoms with Gasteiger partial charge in [0.05, 0.1) is 0 Å². The summed E-state index contributed by atoms with van der Waals surface area (Å²) < 4.78 is 0. The number of nitrogens with zero attached hydrogens (tertiary/aromatic N) is 2. The minimum Gasteiger partial charge on any atom is -0.350 e. The van der Waals surface area contributed by atoms with Gasteiger partial charge in [-0.3, -0.25) is 9.69 Å². The zero-order valence-corrected chi connectivity index (χ0v) is 14.2. The molecule has 1 fully saturated rings. The average Bonchev–Trinajstić information content (AvgIpc) is 2.50. The summed E-state index contributed by atoms with van der Waals surface area (Å²) in [7, 11) is 4.00. The number of carbonyl (C=O) groups excluding carboxylic acids is 1. The Bertz CT molecular complexity index is 407. The number of carbonyl (C=O) groups is 1. The molecule has 0 unspecified atom stereocenters. The Balaban J connectivity index is 1.65. The van der Waals surface area contributed by atoms with Crippen LogP contribution in [-0.4, -0.2) is 62.0 Å². The number of likely N-dealkylation sites (tertiary alicyclic amines) is 1. The Kier molecular flexibility index (Phi) is 7.13. The Morgan fingerprint density at radius 1 is 1.36 bits per heavy atom. The molecular formula is C18H31N3O. The van der Waals surface area contributed by atoms with Gasteiger partial charge in [0.15, 0.2) is 0 Å². The molecule has 1 heterocycles. The van der Waals surface area contributed by atoms with Crippen molar-refractivity contribution in [1.82, 2.24) is 15.1 Å². The number of hydrogen-bond acceptors (Lipinski definition) is 3. The molecule has 1 amide bonds. The van der Waals surface area contributed by atoms with Gasteiger partial charge >= 0.3 is 0 Å². The van der Waals surface area contributed by atoms with Crippen LogP contribution < -0.4 is 5.32 Å². The number of allylic oxidation sites excluding steroid dienone is 1. The van der Waals surface area contributed by atoms with Gasteiger partial charge < -0.3 is 10.2 Å². The van der Waals surface area contributed by atoms with Crippen LogP contribution in [0.1, 0.15) is 38.5 Å². The molecule has 22 heavy (non-hydrogen) atoms. The van der Waals surface area contributed by atoms with Crippen LogP contribution in [-0.2, 0) is 4.79 Å². The smallest absolute Gasteiger partial charge is 0.243 e. The van der Waals surface area contributed by atoms with Crippen molar-refractivity contribution < 1.29 is 4.79 Å². The van der Waals surface area contributed by atoms with Crippen LogP contribution >= 0.6 is 0 Å². The summed E-state index contributed by atoms with van der Waals surface area (Å²) in [6.07, 6.45) is 13.4. The Hall–Kier alpha value is -1.13. The highest BCUT2D eigenvalue weighted by Gasteiger charge is 2.20. The Morgan fingerprint density at radius 2 is 2.14 bits per heavy atom. The molecule has 0 atom stereocenters. The third-order valence-electron chi connectivity index (χ3n) is 4.49. The van der Waals surface area contributed by atoms with E-state index in [0.717, 1.165) is 39.0 Å². The maximum Gasteiger partial charge on any atom is 0.243 e. The van der Waals surface area contributed by atoms with Gasteiger partial charge in [-0.2, -0.15) is 0 Å². The highest BCUT2D eigenvalue weighted by molar-refractivity contribution is 5.87. The predicted octanol–water partition coefficient (Wildman–Crippen LogP) is 2.19. The molecule has 1 saturated heterocycles. The van der Waals surface area contributed by atoms with Crippen LogP contribution in [0.4, 0.5) is 0 Å². The molecule has 4 nitrogen and oxygen atoms in total. The highest BCUT2D eigenvalue weighted by atomic mass is 16.1. The highest BCUT2D eigenvalue weighted by Crippen LogP contribution is 2.20. The Labute approximate surface area is 135 Å². The molecule has 0 aromatic heterocycles. The molecule has 1 aliphatic carbocycles. The topological polar surface area (TPSA) is 35.6 Å². The number of amides is 1. The van der Waals surface area contributed by atoms with Crippen LogP contribution in [0.25, 0.3) is 0 Å². The van der Waals surface area contributed by atoms with Gasteiger partial charge in [0.2, 0.25) is 5.91 Å². The van der Waals surface area contributed by atoms with Crippen LogP contribution in [0.15, 0.2) is 23.8 Å². The first-order valence-electron chi connectivity index (χ1n) is 8.65. The number of piperidine rings is 1. The number of likely N-dealkylation sites (N-methyl/N-ethyl adjacent to an activating group) is 1. The molecule has 1 N–H and O–H groups in total. The monoisotopic (exact) mass is 305 g/mol. The number of hydrogen-bond donors (Lipinski definition) is 1. The van der Waals surface area contributed by atoms with Gasteiger partial charge in [-0.15, -0.1) is 0 Å². The van der Waals surface area contributed by atoms with E-state index >= 15 is 0 Å². The number of nitrogens with one attached hydrogen (secondary N) is 1. The number of rotatable bonds is 6. The molecule has 0 aromatic rings. The van der Waals surface area contributed by atoms with Gasteiger partial charge in [-0.05, 0) is 52.6 Å². The third-order valence-corrected chi connectivity index (χ3v) is 4.49. The molecule has 124 valence electrons. The van der Waals surface area contributed by atoms with Gasteiger partial charge in [-0.1, -0.05) is 17.7 Å². The third kappa shape index (κ3) is 6.32. The summed E-state index contributed by atoms with van der Waals surface area (Å²) in [6.45, 7) is 4.15. The van der Waals surface area contributed by atoms with Gasteiger partial charge in [-0.25, -0.2) is 0 Å². The predicted molar refractivity (Wildman–Crippen MR) is 91.8 cm³/mol. The molecule has 0 spiro atoms. The van der Waals surface area contributed by atoms with Crippen molar-refractivity contribution in [2.75, 3.05) is 40.3 Å². The lowest BCUT2D eigenvalue weighted by molar-refractivity contribution is -0.117. The van der Waals surface area contributed by atoms with Crippen LogP contribution in [0.3, 0.4) is 0 Å². The first-order valence-corrected chi connectivity index (χ1v) is 8.65. The Morgan fingerprint density at radius 3 is 2.77 bits per heavy atom. The first kappa shape index (κ1) is 17.2. The van der Waals surface area contributed by atoms with Crippen LogP contribution in [0, 0.1) is 0 Å². The maximum atomic E-state index is 11.9. The lowest BCUT2D eigenvalue weighted by atomic mass is 9.98. The second-order valence-corrected chi connectivity index (χ2v) is 6.83. The molecule has 2 rings (SSSR count). The van der Waals surface area contributed by atoms with E-state index in [1.807, 2.05) is 25.1 Å². The second-order valence-electron chi connectivity index (χ2n) is 6.83.